The van der Waals surface area contributed by atoms with E-state index >= 15 is 0 Å². The number of carbonyl (C=O) groups excluding carboxylic acids is 2. The minimum absolute atomic E-state index is 0.122. The molecule has 1 atom stereocenters. The van der Waals surface area contributed by atoms with E-state index in [1.807, 2.05) is 49.4 Å². The zero-order chi connectivity index (χ0) is 18.8. The summed E-state index contributed by atoms with van der Waals surface area (Å²) in [4.78, 5) is 32.6. The SMILES string of the molecule is C[C@H](NC(=O)C1=NN(c2ccccc2)C(=O)CC1)c1nc2ccccc2[nH]1. The summed E-state index contributed by atoms with van der Waals surface area (Å²) in [6.07, 6.45) is 0.570. The standard InChI is InChI=1S/C20H19N5O2/c1-13(19-22-15-9-5-6-10-16(15)23-19)21-20(27)17-11-12-18(26)25(24-17)14-7-3-2-4-8-14/h2-10,13H,11-12H2,1H3,(H,21,27)(H,22,23)/t13-/m0/s1. The number of benzene rings is 2. The number of imidazole rings is 1. The Morgan fingerprint density at radius 2 is 1.85 bits per heavy atom. The number of rotatable bonds is 4. The second-order valence-corrected chi connectivity index (χ2v) is 6.42. The number of anilines is 1. The highest BCUT2D eigenvalue weighted by molar-refractivity contribution is 6.40. The van der Waals surface area contributed by atoms with Crippen LogP contribution >= 0.6 is 0 Å². The summed E-state index contributed by atoms with van der Waals surface area (Å²) in [5.74, 6) is 0.261. The van der Waals surface area contributed by atoms with Gasteiger partial charge < -0.3 is 10.3 Å². The molecule has 0 saturated carbocycles. The molecule has 2 aromatic carbocycles. The van der Waals surface area contributed by atoms with Crippen LogP contribution in [0.15, 0.2) is 59.7 Å². The van der Waals surface area contributed by atoms with Crippen molar-refractivity contribution < 1.29 is 9.59 Å². The fourth-order valence-corrected chi connectivity index (χ4v) is 3.01. The van der Waals surface area contributed by atoms with E-state index in [2.05, 4.69) is 20.4 Å². The van der Waals surface area contributed by atoms with Crippen molar-refractivity contribution >= 4 is 34.2 Å². The smallest absolute Gasteiger partial charge is 0.268 e. The Hall–Kier alpha value is -3.48. The zero-order valence-corrected chi connectivity index (χ0v) is 14.8. The molecular weight excluding hydrogens is 342 g/mol. The Labute approximate surface area is 156 Å². The Bertz CT molecular complexity index is 992. The lowest BCUT2D eigenvalue weighted by Crippen LogP contribution is -2.40. The van der Waals surface area contributed by atoms with Gasteiger partial charge in [0.05, 0.1) is 22.8 Å². The number of amides is 2. The van der Waals surface area contributed by atoms with Gasteiger partial charge in [-0.25, -0.2) is 9.99 Å². The molecule has 1 aliphatic rings. The molecule has 0 spiro atoms. The summed E-state index contributed by atoms with van der Waals surface area (Å²) in [6, 6.07) is 16.5. The van der Waals surface area contributed by atoms with E-state index < -0.39 is 0 Å². The van der Waals surface area contributed by atoms with Crippen molar-refractivity contribution in [2.75, 3.05) is 5.01 Å². The van der Waals surface area contributed by atoms with Crippen LogP contribution in [0.2, 0.25) is 0 Å². The summed E-state index contributed by atoms with van der Waals surface area (Å²) >= 11 is 0. The molecule has 0 aliphatic carbocycles. The number of aromatic amines is 1. The molecule has 136 valence electrons. The van der Waals surface area contributed by atoms with E-state index in [-0.39, 0.29) is 24.3 Å². The van der Waals surface area contributed by atoms with Crippen molar-refractivity contribution in [2.45, 2.75) is 25.8 Å². The fourth-order valence-electron chi connectivity index (χ4n) is 3.01. The van der Waals surface area contributed by atoms with Crippen molar-refractivity contribution in [1.29, 1.82) is 0 Å². The molecule has 1 aliphatic heterocycles. The van der Waals surface area contributed by atoms with Gasteiger partial charge in [-0.05, 0) is 31.2 Å². The van der Waals surface area contributed by atoms with Crippen molar-refractivity contribution in [3.63, 3.8) is 0 Å². The number of aromatic nitrogens is 2. The molecule has 1 aromatic heterocycles. The number of hydrogen-bond donors (Lipinski definition) is 2. The maximum Gasteiger partial charge on any atom is 0.268 e. The lowest BCUT2D eigenvalue weighted by atomic mass is 10.1. The molecule has 7 nitrogen and oxygen atoms in total. The normalized spacial score (nSPS) is 15.5. The predicted molar refractivity (Wildman–Crippen MR) is 103 cm³/mol. The largest absolute Gasteiger partial charge is 0.341 e. The first kappa shape index (κ1) is 17.0. The number of carbonyl (C=O) groups is 2. The summed E-state index contributed by atoms with van der Waals surface area (Å²) in [6.45, 7) is 1.86. The molecule has 0 bridgehead atoms. The van der Waals surface area contributed by atoms with Gasteiger partial charge in [-0.2, -0.15) is 5.10 Å². The molecular formula is C20H19N5O2. The van der Waals surface area contributed by atoms with Crippen molar-refractivity contribution in [3.05, 3.63) is 60.4 Å². The van der Waals surface area contributed by atoms with Crippen molar-refractivity contribution in [2.24, 2.45) is 5.10 Å². The Morgan fingerprint density at radius 3 is 2.63 bits per heavy atom. The number of hydrogen-bond acceptors (Lipinski definition) is 4. The van der Waals surface area contributed by atoms with Crippen LogP contribution in [0.4, 0.5) is 5.69 Å². The highest BCUT2D eigenvalue weighted by Crippen LogP contribution is 2.20. The van der Waals surface area contributed by atoms with Gasteiger partial charge in [-0.15, -0.1) is 0 Å². The summed E-state index contributed by atoms with van der Waals surface area (Å²) < 4.78 is 0. The number of H-pyrrole nitrogens is 1. The molecule has 0 fully saturated rings. The molecule has 0 unspecified atom stereocenters. The van der Waals surface area contributed by atoms with Crippen molar-refractivity contribution in [3.8, 4) is 0 Å². The number of fused-ring (bicyclic) bond motifs is 1. The highest BCUT2D eigenvalue weighted by Gasteiger charge is 2.26. The highest BCUT2D eigenvalue weighted by atomic mass is 16.2. The van der Waals surface area contributed by atoms with Crippen LogP contribution in [0.1, 0.15) is 31.6 Å². The van der Waals surface area contributed by atoms with Crippen molar-refractivity contribution in [1.82, 2.24) is 15.3 Å². The summed E-state index contributed by atoms with van der Waals surface area (Å²) in [5, 5.41) is 8.49. The van der Waals surface area contributed by atoms with E-state index in [0.717, 1.165) is 11.0 Å². The predicted octanol–water partition coefficient (Wildman–Crippen LogP) is 2.92. The van der Waals surface area contributed by atoms with E-state index in [4.69, 9.17) is 0 Å². The van der Waals surface area contributed by atoms with Crippen LogP contribution in [-0.2, 0) is 9.59 Å². The lowest BCUT2D eigenvalue weighted by Gasteiger charge is -2.23. The van der Waals surface area contributed by atoms with Gasteiger partial charge in [0.25, 0.3) is 5.91 Å². The Balaban J connectivity index is 1.52. The van der Waals surface area contributed by atoms with Gasteiger partial charge in [-0.1, -0.05) is 30.3 Å². The van der Waals surface area contributed by atoms with Crippen LogP contribution in [0.25, 0.3) is 11.0 Å². The topological polar surface area (TPSA) is 90.4 Å². The maximum absolute atomic E-state index is 12.7. The third-order valence-electron chi connectivity index (χ3n) is 4.46. The third-order valence-corrected chi connectivity index (χ3v) is 4.46. The Morgan fingerprint density at radius 1 is 1.11 bits per heavy atom. The molecule has 2 N–H and O–H groups in total. The number of nitrogens with zero attached hydrogens (tertiary/aromatic N) is 3. The maximum atomic E-state index is 12.7. The zero-order valence-electron chi connectivity index (χ0n) is 14.8. The quantitative estimate of drug-likeness (QED) is 0.748. The molecule has 2 heterocycles. The minimum atomic E-state index is -0.310. The average molecular weight is 361 g/mol. The third kappa shape index (κ3) is 3.44. The molecule has 7 heteroatoms. The van der Waals surface area contributed by atoms with Gasteiger partial charge in [0.15, 0.2) is 0 Å². The molecule has 0 radical (unpaired) electrons. The first-order valence-electron chi connectivity index (χ1n) is 8.83. The number of hydrazone groups is 1. The molecule has 4 rings (SSSR count). The average Bonchev–Trinajstić information content (AvgIpc) is 3.13. The van der Waals surface area contributed by atoms with E-state index in [0.29, 0.717) is 23.6 Å². The molecule has 0 saturated heterocycles. The van der Waals surface area contributed by atoms with Crippen LogP contribution < -0.4 is 10.3 Å². The van der Waals surface area contributed by atoms with Gasteiger partial charge in [-0.3, -0.25) is 9.59 Å². The first-order chi connectivity index (χ1) is 13.1. The van der Waals surface area contributed by atoms with Gasteiger partial charge in [0.1, 0.15) is 11.5 Å². The summed E-state index contributed by atoms with van der Waals surface area (Å²) in [5.41, 5.74) is 2.76. The summed E-state index contributed by atoms with van der Waals surface area (Å²) in [7, 11) is 0. The lowest BCUT2D eigenvalue weighted by molar-refractivity contribution is -0.119. The number of nitrogens with one attached hydrogen (secondary N) is 2. The second-order valence-electron chi connectivity index (χ2n) is 6.42. The Kier molecular flexibility index (Phi) is 4.42. The van der Waals surface area contributed by atoms with Crippen LogP contribution in [-0.4, -0.2) is 27.5 Å². The molecule has 3 aromatic rings. The monoisotopic (exact) mass is 361 g/mol. The fraction of sp³-hybridized carbons (Fsp3) is 0.200. The second kappa shape index (κ2) is 7.03. The van der Waals surface area contributed by atoms with Crippen LogP contribution in [0.3, 0.4) is 0 Å². The minimum Gasteiger partial charge on any atom is -0.341 e. The molecule has 27 heavy (non-hydrogen) atoms. The van der Waals surface area contributed by atoms with Crippen LogP contribution in [0, 0.1) is 0 Å². The van der Waals surface area contributed by atoms with Crippen LogP contribution in [0.5, 0.6) is 0 Å². The van der Waals surface area contributed by atoms with Gasteiger partial charge in [0.2, 0.25) is 5.91 Å². The number of para-hydroxylation sites is 3. The molecule has 2 amide bonds. The van der Waals surface area contributed by atoms with Gasteiger partial charge in [0, 0.05) is 12.8 Å². The van der Waals surface area contributed by atoms with E-state index in [1.165, 1.54) is 5.01 Å². The van der Waals surface area contributed by atoms with E-state index in [9.17, 15) is 9.59 Å². The first-order valence-corrected chi connectivity index (χ1v) is 8.83. The van der Waals surface area contributed by atoms with E-state index in [1.54, 1.807) is 12.1 Å². The van der Waals surface area contributed by atoms with Gasteiger partial charge >= 0.3 is 0 Å².